The first kappa shape index (κ1) is 20.2. The van der Waals surface area contributed by atoms with Crippen LogP contribution < -0.4 is 5.43 Å². The SMILES string of the molecule is CCC1(S(C)(=O)=O)CCN(Nc2ccc([C@H]3CC[C@H]4CCCCN43)cc2)CC1. The fourth-order valence-corrected chi connectivity index (χ4v) is 7.04. The molecule has 3 aliphatic rings. The van der Waals surface area contributed by atoms with Crippen molar-refractivity contribution >= 4 is 15.5 Å². The Morgan fingerprint density at radius 2 is 1.75 bits per heavy atom. The first-order chi connectivity index (χ1) is 13.4. The highest BCUT2D eigenvalue weighted by atomic mass is 32.2. The Kier molecular flexibility index (Phi) is 5.73. The van der Waals surface area contributed by atoms with Gasteiger partial charge in [-0.3, -0.25) is 4.90 Å². The standard InChI is InChI=1S/C22H35N3O2S/c1-3-22(28(2,26)27)13-16-24(17-14-22)23-19-9-7-18(8-10-19)21-12-11-20-6-4-5-15-25(20)21/h7-10,20-21,23H,3-6,11-17H2,1-2H3/t20-,21-/m1/s1. The summed E-state index contributed by atoms with van der Waals surface area (Å²) in [7, 11) is -3.02. The molecule has 28 heavy (non-hydrogen) atoms. The normalized spacial score (nSPS) is 28.8. The number of piperidine rings is 2. The number of benzene rings is 1. The van der Waals surface area contributed by atoms with Crippen molar-refractivity contribution in [1.29, 1.82) is 0 Å². The van der Waals surface area contributed by atoms with Crippen molar-refractivity contribution in [2.75, 3.05) is 31.3 Å². The molecular weight excluding hydrogens is 370 g/mol. The van der Waals surface area contributed by atoms with E-state index in [1.165, 1.54) is 50.5 Å². The van der Waals surface area contributed by atoms with Crippen molar-refractivity contribution in [3.05, 3.63) is 29.8 Å². The van der Waals surface area contributed by atoms with Crippen molar-refractivity contribution in [3.63, 3.8) is 0 Å². The topological polar surface area (TPSA) is 52.7 Å². The van der Waals surface area contributed by atoms with Crippen LogP contribution in [0, 0.1) is 0 Å². The molecule has 1 N–H and O–H groups in total. The molecule has 4 rings (SSSR count). The van der Waals surface area contributed by atoms with Crippen LogP contribution in [0.3, 0.4) is 0 Å². The number of fused-ring (bicyclic) bond motifs is 1. The molecule has 1 aromatic rings. The van der Waals surface area contributed by atoms with Crippen LogP contribution in [0.15, 0.2) is 24.3 Å². The highest BCUT2D eigenvalue weighted by Crippen LogP contribution is 2.40. The van der Waals surface area contributed by atoms with E-state index < -0.39 is 14.6 Å². The zero-order valence-electron chi connectivity index (χ0n) is 17.4. The minimum atomic E-state index is -3.02. The molecule has 0 saturated carbocycles. The van der Waals surface area contributed by atoms with Crippen molar-refractivity contribution in [3.8, 4) is 0 Å². The Morgan fingerprint density at radius 3 is 2.39 bits per heavy atom. The minimum Gasteiger partial charge on any atom is -0.319 e. The summed E-state index contributed by atoms with van der Waals surface area (Å²) in [5, 5.41) is 2.17. The maximum atomic E-state index is 12.2. The summed E-state index contributed by atoms with van der Waals surface area (Å²) in [5.41, 5.74) is 6.03. The number of nitrogens with zero attached hydrogens (tertiary/aromatic N) is 2. The van der Waals surface area contributed by atoms with Gasteiger partial charge in [0.15, 0.2) is 9.84 Å². The second-order valence-electron chi connectivity index (χ2n) is 9.01. The third-order valence-electron chi connectivity index (χ3n) is 7.53. The second kappa shape index (κ2) is 7.96. The van der Waals surface area contributed by atoms with Gasteiger partial charge in [-0.1, -0.05) is 25.5 Å². The number of hydrogen-bond donors (Lipinski definition) is 1. The van der Waals surface area contributed by atoms with Gasteiger partial charge in [-0.2, -0.15) is 0 Å². The van der Waals surface area contributed by atoms with E-state index in [2.05, 4.69) is 39.6 Å². The van der Waals surface area contributed by atoms with E-state index in [0.717, 1.165) is 24.8 Å². The maximum Gasteiger partial charge on any atom is 0.153 e. The summed E-state index contributed by atoms with van der Waals surface area (Å²) in [6.45, 7) is 4.78. The number of sulfone groups is 1. The van der Waals surface area contributed by atoms with Crippen molar-refractivity contribution < 1.29 is 8.42 Å². The number of hydrazine groups is 1. The van der Waals surface area contributed by atoms with Crippen LogP contribution in [-0.4, -0.2) is 55.0 Å². The van der Waals surface area contributed by atoms with Crippen LogP contribution in [0.25, 0.3) is 0 Å². The third-order valence-corrected chi connectivity index (χ3v) is 9.80. The van der Waals surface area contributed by atoms with Crippen LogP contribution in [0.4, 0.5) is 5.69 Å². The summed E-state index contributed by atoms with van der Waals surface area (Å²) in [5.74, 6) is 0. The summed E-state index contributed by atoms with van der Waals surface area (Å²) >= 11 is 0. The lowest BCUT2D eigenvalue weighted by atomic mass is 9.94. The molecule has 156 valence electrons. The highest BCUT2D eigenvalue weighted by Gasteiger charge is 2.42. The first-order valence-corrected chi connectivity index (χ1v) is 12.9. The van der Waals surface area contributed by atoms with Gasteiger partial charge >= 0.3 is 0 Å². The van der Waals surface area contributed by atoms with E-state index >= 15 is 0 Å². The fourth-order valence-electron chi connectivity index (χ4n) is 5.59. The van der Waals surface area contributed by atoms with Crippen molar-refractivity contribution in [1.82, 2.24) is 9.91 Å². The molecule has 3 heterocycles. The fraction of sp³-hybridized carbons (Fsp3) is 0.727. The first-order valence-electron chi connectivity index (χ1n) is 11.0. The molecule has 3 aliphatic heterocycles. The summed E-state index contributed by atoms with van der Waals surface area (Å²) in [6, 6.07) is 10.3. The van der Waals surface area contributed by atoms with Crippen LogP contribution in [0.5, 0.6) is 0 Å². The zero-order chi connectivity index (χ0) is 19.8. The molecule has 5 nitrogen and oxygen atoms in total. The molecule has 0 radical (unpaired) electrons. The average molecular weight is 406 g/mol. The zero-order valence-corrected chi connectivity index (χ0v) is 18.2. The quantitative estimate of drug-likeness (QED) is 0.803. The lowest BCUT2D eigenvalue weighted by molar-refractivity contribution is 0.150. The van der Waals surface area contributed by atoms with Crippen LogP contribution in [0.1, 0.15) is 69.9 Å². The van der Waals surface area contributed by atoms with Gasteiger partial charge in [-0.25, -0.2) is 13.4 Å². The molecule has 6 heteroatoms. The molecule has 0 aliphatic carbocycles. The Bertz CT molecular complexity index is 769. The largest absolute Gasteiger partial charge is 0.319 e. The van der Waals surface area contributed by atoms with Crippen LogP contribution >= 0.6 is 0 Å². The second-order valence-corrected chi connectivity index (χ2v) is 11.4. The number of rotatable bonds is 5. The van der Waals surface area contributed by atoms with Gasteiger partial charge in [0.1, 0.15) is 0 Å². The van der Waals surface area contributed by atoms with Gasteiger partial charge in [0, 0.05) is 37.1 Å². The molecule has 3 saturated heterocycles. The smallest absolute Gasteiger partial charge is 0.153 e. The van der Waals surface area contributed by atoms with Gasteiger partial charge in [-0.05, 0) is 69.2 Å². The van der Waals surface area contributed by atoms with Crippen molar-refractivity contribution in [2.45, 2.75) is 75.1 Å². The molecule has 0 amide bonds. The third kappa shape index (κ3) is 3.83. The summed E-state index contributed by atoms with van der Waals surface area (Å²) in [6.07, 6.45) is 10.2. The van der Waals surface area contributed by atoms with Gasteiger partial charge < -0.3 is 5.43 Å². The Morgan fingerprint density at radius 1 is 1.04 bits per heavy atom. The van der Waals surface area contributed by atoms with Gasteiger partial charge in [0.25, 0.3) is 0 Å². The average Bonchev–Trinajstić information content (AvgIpc) is 3.13. The summed E-state index contributed by atoms with van der Waals surface area (Å²) < 4.78 is 23.9. The number of nitrogens with one attached hydrogen (secondary N) is 1. The van der Waals surface area contributed by atoms with Gasteiger partial charge in [-0.15, -0.1) is 0 Å². The molecule has 0 aromatic heterocycles. The molecule has 3 fully saturated rings. The predicted octanol–water partition coefficient (Wildman–Crippen LogP) is 3.99. The molecular formula is C22H35N3O2S. The van der Waals surface area contributed by atoms with Crippen LogP contribution in [-0.2, 0) is 9.84 Å². The van der Waals surface area contributed by atoms with E-state index in [-0.39, 0.29) is 0 Å². The number of hydrogen-bond acceptors (Lipinski definition) is 5. The molecule has 0 spiro atoms. The van der Waals surface area contributed by atoms with Crippen LogP contribution in [0.2, 0.25) is 0 Å². The summed E-state index contributed by atoms with van der Waals surface area (Å²) in [4.78, 5) is 2.73. The number of anilines is 1. The molecule has 0 unspecified atom stereocenters. The molecule has 0 bridgehead atoms. The minimum absolute atomic E-state index is 0.539. The Balaban J connectivity index is 1.36. The lowest BCUT2D eigenvalue weighted by Crippen LogP contribution is -2.50. The van der Waals surface area contributed by atoms with E-state index in [1.54, 1.807) is 0 Å². The van der Waals surface area contributed by atoms with Crippen molar-refractivity contribution in [2.24, 2.45) is 0 Å². The highest BCUT2D eigenvalue weighted by molar-refractivity contribution is 7.92. The van der Waals surface area contributed by atoms with E-state index in [0.29, 0.717) is 25.3 Å². The Labute approximate surface area is 170 Å². The van der Waals surface area contributed by atoms with Gasteiger partial charge in [0.05, 0.1) is 4.75 Å². The monoisotopic (exact) mass is 405 g/mol. The molecule has 1 aromatic carbocycles. The maximum absolute atomic E-state index is 12.2. The van der Waals surface area contributed by atoms with E-state index in [4.69, 9.17) is 0 Å². The lowest BCUT2D eigenvalue weighted by Gasteiger charge is -2.40. The van der Waals surface area contributed by atoms with E-state index in [9.17, 15) is 8.42 Å². The van der Waals surface area contributed by atoms with Gasteiger partial charge in [0.2, 0.25) is 0 Å². The van der Waals surface area contributed by atoms with E-state index in [1.807, 2.05) is 6.92 Å². The Hall–Kier alpha value is -1.11. The molecule has 2 atom stereocenters. The predicted molar refractivity (Wildman–Crippen MR) is 115 cm³/mol.